The molecule has 2 rings (SSSR count). The number of halogens is 2. The highest BCUT2D eigenvalue weighted by Gasteiger charge is 2.18. The van der Waals surface area contributed by atoms with Gasteiger partial charge in [0.15, 0.2) is 0 Å². The number of benzene rings is 2. The number of methoxy groups -OCH3 is 1. The second-order valence-corrected chi connectivity index (χ2v) is 5.52. The smallest absolute Gasteiger partial charge is 0.274 e. The fourth-order valence-electron chi connectivity index (χ4n) is 2.02. The molecule has 0 atom stereocenters. The van der Waals surface area contributed by atoms with Gasteiger partial charge in [-0.05, 0) is 25.1 Å². The number of carbonyl (C=O) groups is 1. The van der Waals surface area contributed by atoms with Crippen LogP contribution in [0.3, 0.4) is 0 Å². The first-order chi connectivity index (χ1) is 10.8. The molecule has 0 heterocycles. The first kappa shape index (κ1) is 17.1. The van der Waals surface area contributed by atoms with E-state index in [-0.39, 0.29) is 32.7 Å². The molecule has 0 aromatic heterocycles. The van der Waals surface area contributed by atoms with E-state index in [1.165, 1.54) is 25.3 Å². The second kappa shape index (κ2) is 6.85. The zero-order valence-corrected chi connectivity index (χ0v) is 13.7. The van der Waals surface area contributed by atoms with Crippen LogP contribution >= 0.6 is 23.2 Å². The SMILES string of the molecule is COc1c(Cl)cc(Cl)cc1C(=O)Nc1ccc(C)c([N+](=O)[O-])c1. The summed E-state index contributed by atoms with van der Waals surface area (Å²) in [5, 5.41) is 14.0. The van der Waals surface area contributed by atoms with Crippen LogP contribution in [0.1, 0.15) is 15.9 Å². The number of carbonyl (C=O) groups excluding carboxylic acids is 1. The van der Waals surface area contributed by atoms with Crippen LogP contribution in [0.5, 0.6) is 5.75 Å². The average molecular weight is 355 g/mol. The quantitative estimate of drug-likeness (QED) is 0.648. The van der Waals surface area contributed by atoms with Crippen molar-refractivity contribution in [1.29, 1.82) is 0 Å². The van der Waals surface area contributed by atoms with Crippen LogP contribution in [0.2, 0.25) is 10.0 Å². The number of nitro groups is 1. The third kappa shape index (κ3) is 3.72. The molecule has 23 heavy (non-hydrogen) atoms. The lowest BCUT2D eigenvalue weighted by Crippen LogP contribution is -2.13. The standard InChI is InChI=1S/C15H12Cl2N2O4/c1-8-3-4-10(7-13(8)19(21)22)18-15(20)11-5-9(16)6-12(17)14(11)23-2/h3-7H,1-2H3,(H,18,20). The fraction of sp³-hybridized carbons (Fsp3) is 0.133. The van der Waals surface area contributed by atoms with Crippen molar-refractivity contribution < 1.29 is 14.5 Å². The summed E-state index contributed by atoms with van der Waals surface area (Å²) in [7, 11) is 1.38. The summed E-state index contributed by atoms with van der Waals surface area (Å²) in [5.41, 5.74) is 0.828. The Labute approximate surface area is 142 Å². The molecule has 6 nitrogen and oxygen atoms in total. The summed E-state index contributed by atoms with van der Waals surface area (Å²) in [5.74, 6) is -0.362. The van der Waals surface area contributed by atoms with E-state index in [0.717, 1.165) is 0 Å². The molecule has 0 aliphatic carbocycles. The molecular weight excluding hydrogens is 343 g/mol. The summed E-state index contributed by atoms with van der Waals surface area (Å²) in [6, 6.07) is 7.26. The van der Waals surface area contributed by atoms with Gasteiger partial charge in [0.05, 0.1) is 22.6 Å². The van der Waals surface area contributed by atoms with E-state index in [1.54, 1.807) is 19.1 Å². The Morgan fingerprint density at radius 1 is 1.26 bits per heavy atom. The van der Waals surface area contributed by atoms with Crippen LogP contribution in [0, 0.1) is 17.0 Å². The van der Waals surface area contributed by atoms with Gasteiger partial charge in [-0.2, -0.15) is 0 Å². The lowest BCUT2D eigenvalue weighted by Gasteiger charge is -2.11. The van der Waals surface area contributed by atoms with Crippen LogP contribution in [0.25, 0.3) is 0 Å². The van der Waals surface area contributed by atoms with Crippen molar-refractivity contribution >= 4 is 40.5 Å². The van der Waals surface area contributed by atoms with Gasteiger partial charge in [-0.3, -0.25) is 14.9 Å². The molecule has 1 N–H and O–H groups in total. The summed E-state index contributed by atoms with van der Waals surface area (Å²) in [6.07, 6.45) is 0. The van der Waals surface area contributed by atoms with Crippen molar-refractivity contribution in [2.24, 2.45) is 0 Å². The molecule has 0 radical (unpaired) electrons. The Balaban J connectivity index is 2.37. The van der Waals surface area contributed by atoms with Crippen LogP contribution < -0.4 is 10.1 Å². The number of hydrogen-bond acceptors (Lipinski definition) is 4. The van der Waals surface area contributed by atoms with Crippen molar-refractivity contribution in [2.75, 3.05) is 12.4 Å². The Bertz CT molecular complexity index is 793. The van der Waals surface area contributed by atoms with E-state index in [0.29, 0.717) is 5.56 Å². The molecule has 1 amide bonds. The molecule has 0 aliphatic rings. The summed E-state index contributed by atoms with van der Waals surface area (Å²) < 4.78 is 5.11. The van der Waals surface area contributed by atoms with Gasteiger partial charge in [0, 0.05) is 22.3 Å². The predicted octanol–water partition coefficient (Wildman–Crippen LogP) is 4.47. The zero-order valence-electron chi connectivity index (χ0n) is 12.2. The second-order valence-electron chi connectivity index (χ2n) is 4.68. The minimum Gasteiger partial charge on any atom is -0.494 e. The van der Waals surface area contributed by atoms with Crippen LogP contribution in [0.15, 0.2) is 30.3 Å². The number of hydrogen-bond donors (Lipinski definition) is 1. The molecule has 0 fully saturated rings. The number of rotatable bonds is 4. The van der Waals surface area contributed by atoms with E-state index >= 15 is 0 Å². The van der Waals surface area contributed by atoms with Crippen molar-refractivity contribution in [3.05, 3.63) is 61.6 Å². The monoisotopic (exact) mass is 354 g/mol. The van der Waals surface area contributed by atoms with Gasteiger partial charge in [-0.25, -0.2) is 0 Å². The highest BCUT2D eigenvalue weighted by Crippen LogP contribution is 2.33. The number of nitrogens with zero attached hydrogens (tertiary/aromatic N) is 1. The Morgan fingerprint density at radius 2 is 1.96 bits per heavy atom. The highest BCUT2D eigenvalue weighted by molar-refractivity contribution is 6.36. The molecule has 120 valence electrons. The van der Waals surface area contributed by atoms with E-state index in [2.05, 4.69) is 5.32 Å². The topological polar surface area (TPSA) is 81.5 Å². The molecule has 0 bridgehead atoms. The average Bonchev–Trinajstić information content (AvgIpc) is 2.48. The Kier molecular flexibility index (Phi) is 5.08. The molecule has 0 saturated heterocycles. The lowest BCUT2D eigenvalue weighted by atomic mass is 10.1. The predicted molar refractivity (Wildman–Crippen MR) is 88.8 cm³/mol. The number of nitrogens with one attached hydrogen (secondary N) is 1. The lowest BCUT2D eigenvalue weighted by molar-refractivity contribution is -0.385. The van der Waals surface area contributed by atoms with Gasteiger partial charge >= 0.3 is 0 Å². The Morgan fingerprint density at radius 3 is 2.57 bits per heavy atom. The van der Waals surface area contributed by atoms with Gasteiger partial charge in [0.1, 0.15) is 5.75 Å². The third-order valence-corrected chi connectivity index (χ3v) is 3.62. The van der Waals surface area contributed by atoms with Gasteiger partial charge in [-0.1, -0.05) is 29.3 Å². The number of aryl methyl sites for hydroxylation is 1. The molecule has 0 unspecified atom stereocenters. The highest BCUT2D eigenvalue weighted by atomic mass is 35.5. The van der Waals surface area contributed by atoms with E-state index < -0.39 is 10.8 Å². The minimum atomic E-state index is -0.538. The van der Waals surface area contributed by atoms with Crippen molar-refractivity contribution in [2.45, 2.75) is 6.92 Å². The number of amides is 1. The zero-order chi connectivity index (χ0) is 17.1. The van der Waals surface area contributed by atoms with Gasteiger partial charge in [-0.15, -0.1) is 0 Å². The number of ether oxygens (including phenoxy) is 1. The minimum absolute atomic E-state index is 0.0844. The van der Waals surface area contributed by atoms with Gasteiger partial charge < -0.3 is 10.1 Å². The van der Waals surface area contributed by atoms with E-state index in [4.69, 9.17) is 27.9 Å². The molecule has 2 aromatic rings. The molecule has 8 heteroatoms. The number of nitro benzene ring substituents is 1. The van der Waals surface area contributed by atoms with Crippen molar-refractivity contribution in [3.8, 4) is 5.75 Å². The molecule has 2 aromatic carbocycles. The summed E-state index contributed by atoms with van der Waals surface area (Å²) in [6.45, 7) is 1.61. The van der Waals surface area contributed by atoms with Crippen LogP contribution in [-0.4, -0.2) is 17.9 Å². The number of anilines is 1. The first-order valence-corrected chi connectivity index (χ1v) is 7.18. The Hall–Kier alpha value is -2.31. The largest absolute Gasteiger partial charge is 0.494 e. The van der Waals surface area contributed by atoms with E-state index in [1.807, 2.05) is 0 Å². The normalized spacial score (nSPS) is 10.3. The molecule has 0 saturated carbocycles. The maximum atomic E-state index is 12.4. The van der Waals surface area contributed by atoms with Gasteiger partial charge in [0.2, 0.25) is 0 Å². The molecule has 0 spiro atoms. The third-order valence-electron chi connectivity index (χ3n) is 3.12. The maximum Gasteiger partial charge on any atom is 0.274 e. The fourth-order valence-corrected chi connectivity index (χ4v) is 2.59. The molecular formula is C15H12Cl2N2O4. The maximum absolute atomic E-state index is 12.4. The molecule has 0 aliphatic heterocycles. The summed E-state index contributed by atoms with van der Waals surface area (Å²) >= 11 is 11.9. The van der Waals surface area contributed by atoms with Crippen molar-refractivity contribution in [1.82, 2.24) is 0 Å². The first-order valence-electron chi connectivity index (χ1n) is 6.43. The van der Waals surface area contributed by atoms with Crippen molar-refractivity contribution in [3.63, 3.8) is 0 Å². The van der Waals surface area contributed by atoms with Crippen LogP contribution in [-0.2, 0) is 0 Å². The van der Waals surface area contributed by atoms with E-state index in [9.17, 15) is 14.9 Å². The van der Waals surface area contributed by atoms with Crippen LogP contribution in [0.4, 0.5) is 11.4 Å². The van der Waals surface area contributed by atoms with Gasteiger partial charge in [0.25, 0.3) is 11.6 Å². The summed E-state index contributed by atoms with van der Waals surface area (Å²) in [4.78, 5) is 22.8.